The van der Waals surface area contributed by atoms with E-state index in [0.717, 1.165) is 22.3 Å². The summed E-state index contributed by atoms with van der Waals surface area (Å²) in [4.78, 5) is 52.5. The molecule has 2 aromatic carbocycles. The Hall–Kier alpha value is -4.26. The number of alkyl carbamates (subject to hydrolysis) is 1. The molecular formula is C38H54N5O6S+. The molecule has 6 N–H and O–H groups in total. The predicted molar refractivity (Wildman–Crippen MR) is 196 cm³/mol. The molecule has 4 atom stereocenters. The van der Waals surface area contributed by atoms with Crippen LogP contribution >= 0.6 is 11.3 Å². The first-order valence-corrected chi connectivity index (χ1v) is 17.8. The van der Waals surface area contributed by atoms with Crippen molar-refractivity contribution < 1.29 is 34.0 Å². The molecule has 1 unspecified atom stereocenters. The number of benzene rings is 2. The van der Waals surface area contributed by atoms with Gasteiger partial charge in [0.05, 0.1) is 13.7 Å². The van der Waals surface area contributed by atoms with Crippen molar-refractivity contribution in [1.29, 1.82) is 0 Å². The fraction of sp³-hybridized carbons (Fsp3) is 0.474. The molecule has 4 amide bonds. The van der Waals surface area contributed by atoms with Crippen LogP contribution in [0.25, 0.3) is 11.1 Å². The summed E-state index contributed by atoms with van der Waals surface area (Å²) in [6.07, 6.45) is -0.291. The van der Waals surface area contributed by atoms with E-state index in [0.29, 0.717) is 24.5 Å². The van der Waals surface area contributed by atoms with Gasteiger partial charge in [0.15, 0.2) is 0 Å². The Bertz CT molecular complexity index is 1550. The van der Waals surface area contributed by atoms with Gasteiger partial charge in [0.1, 0.15) is 24.2 Å². The molecule has 0 spiro atoms. The van der Waals surface area contributed by atoms with Gasteiger partial charge in [0, 0.05) is 25.5 Å². The molecule has 0 aliphatic rings. The van der Waals surface area contributed by atoms with Gasteiger partial charge in [-0.3, -0.25) is 14.4 Å². The summed E-state index contributed by atoms with van der Waals surface area (Å²) in [6.45, 7) is 11.8. The Kier molecular flexibility index (Phi) is 14.1. The molecule has 50 heavy (non-hydrogen) atoms. The fourth-order valence-electron chi connectivity index (χ4n) is 5.68. The van der Waals surface area contributed by atoms with Crippen LogP contribution in [0.2, 0.25) is 0 Å². The first-order valence-electron chi connectivity index (χ1n) is 16.9. The first-order chi connectivity index (χ1) is 23.5. The van der Waals surface area contributed by atoms with Crippen LogP contribution < -0.4 is 26.4 Å². The third-order valence-corrected chi connectivity index (χ3v) is 9.27. The number of hydrogen-bond donors (Lipinski definition) is 6. The van der Waals surface area contributed by atoms with E-state index in [-0.39, 0.29) is 18.7 Å². The normalized spacial score (nSPS) is 14.7. The standard InChI is InChI=1S/C38H53N5O6S/c1-36(2,3)30(32(44)39-7)40-34(46)38(48,23-26-13-10-9-11-14-26)20-12-21-43(42-33(45)31(37(4,5)6)41-35(47)49-8)24-27-15-17-28(18-16-27)29-19-22-50-25-29/h9-11,13-19,22,25,30-31,48H,12,20-21,23-24H2,1-8H3,(H,39,44)(H,40,46)(H,41,47)(H,42,45)/p+1/t30-,31-,38-/m1/s1. The van der Waals surface area contributed by atoms with Crippen molar-refractivity contribution in [3.8, 4) is 11.1 Å². The number of aliphatic hydroxyl groups is 1. The summed E-state index contributed by atoms with van der Waals surface area (Å²) in [7, 11) is 2.75. The second kappa shape index (κ2) is 17.6. The van der Waals surface area contributed by atoms with Crippen LogP contribution in [-0.4, -0.2) is 67.3 Å². The van der Waals surface area contributed by atoms with Crippen molar-refractivity contribution in [3.63, 3.8) is 0 Å². The first kappa shape index (κ1) is 40.2. The van der Waals surface area contributed by atoms with E-state index in [9.17, 15) is 24.3 Å². The highest BCUT2D eigenvalue weighted by Gasteiger charge is 2.41. The fourth-order valence-corrected chi connectivity index (χ4v) is 6.34. The molecule has 0 fully saturated rings. The lowest BCUT2D eigenvalue weighted by Crippen LogP contribution is -3.18. The summed E-state index contributed by atoms with van der Waals surface area (Å²) in [5, 5.41) is 24.9. The molecule has 12 heteroatoms. The summed E-state index contributed by atoms with van der Waals surface area (Å²) < 4.78 is 4.79. The summed E-state index contributed by atoms with van der Waals surface area (Å²) in [6, 6.07) is 17.6. The molecule has 0 saturated heterocycles. The van der Waals surface area contributed by atoms with Crippen LogP contribution in [0.3, 0.4) is 0 Å². The van der Waals surface area contributed by atoms with Crippen LogP contribution in [0, 0.1) is 10.8 Å². The lowest BCUT2D eigenvalue weighted by Gasteiger charge is -2.34. The molecule has 1 aromatic heterocycles. The zero-order chi connectivity index (χ0) is 37.1. The van der Waals surface area contributed by atoms with Gasteiger partial charge < -0.3 is 25.8 Å². The molecule has 3 rings (SSSR count). The number of likely N-dealkylation sites (N-methyl/N-ethyl adjacent to an activating group) is 1. The number of nitrogens with one attached hydrogen (secondary N) is 5. The summed E-state index contributed by atoms with van der Waals surface area (Å²) in [5.74, 6) is -1.40. The maximum atomic E-state index is 13.9. The van der Waals surface area contributed by atoms with Crippen LogP contribution in [0.15, 0.2) is 71.4 Å². The average molecular weight is 709 g/mol. The summed E-state index contributed by atoms with van der Waals surface area (Å²) >= 11 is 1.63. The van der Waals surface area contributed by atoms with Crippen molar-refractivity contribution in [2.24, 2.45) is 10.8 Å². The third kappa shape index (κ3) is 11.7. The van der Waals surface area contributed by atoms with Gasteiger partial charge >= 0.3 is 6.09 Å². The zero-order valence-corrected chi connectivity index (χ0v) is 31.3. The van der Waals surface area contributed by atoms with E-state index in [1.807, 2.05) is 102 Å². The van der Waals surface area contributed by atoms with Gasteiger partial charge in [-0.1, -0.05) is 96.1 Å². The van der Waals surface area contributed by atoms with E-state index in [4.69, 9.17) is 4.74 Å². The molecule has 0 saturated carbocycles. The van der Waals surface area contributed by atoms with E-state index < -0.39 is 46.4 Å². The number of rotatable bonds is 15. The van der Waals surface area contributed by atoms with Gasteiger partial charge in [-0.2, -0.15) is 11.3 Å². The highest BCUT2D eigenvalue weighted by atomic mass is 32.1. The van der Waals surface area contributed by atoms with Crippen LogP contribution in [0.4, 0.5) is 4.79 Å². The Morgan fingerprint density at radius 3 is 1.98 bits per heavy atom. The van der Waals surface area contributed by atoms with Crippen molar-refractivity contribution in [2.45, 2.75) is 85.0 Å². The zero-order valence-electron chi connectivity index (χ0n) is 30.5. The number of quaternary nitrogens is 1. The maximum absolute atomic E-state index is 13.9. The molecule has 1 heterocycles. The number of carbonyl (C=O) groups is 4. The Labute approximate surface area is 300 Å². The number of hydrogen-bond acceptors (Lipinski definition) is 7. The van der Waals surface area contributed by atoms with Gasteiger partial charge in [-0.25, -0.2) is 15.2 Å². The van der Waals surface area contributed by atoms with E-state index in [1.54, 1.807) is 11.3 Å². The molecular weight excluding hydrogens is 655 g/mol. The average Bonchev–Trinajstić information content (AvgIpc) is 3.60. The minimum atomic E-state index is -1.85. The Morgan fingerprint density at radius 2 is 1.44 bits per heavy atom. The quantitative estimate of drug-likeness (QED) is 0.133. The minimum absolute atomic E-state index is 0.0329. The predicted octanol–water partition coefficient (Wildman–Crippen LogP) is 3.63. The number of ether oxygens (including phenoxy) is 1. The van der Waals surface area contributed by atoms with Crippen molar-refractivity contribution in [3.05, 3.63) is 82.6 Å². The highest BCUT2D eigenvalue weighted by Crippen LogP contribution is 2.25. The van der Waals surface area contributed by atoms with E-state index in [2.05, 4.69) is 32.8 Å². The largest absolute Gasteiger partial charge is 0.453 e. The van der Waals surface area contributed by atoms with Crippen molar-refractivity contribution in [1.82, 2.24) is 21.4 Å². The molecule has 11 nitrogen and oxygen atoms in total. The Balaban J connectivity index is 1.88. The highest BCUT2D eigenvalue weighted by molar-refractivity contribution is 7.08. The molecule has 272 valence electrons. The van der Waals surface area contributed by atoms with Gasteiger partial charge in [-0.05, 0) is 50.8 Å². The van der Waals surface area contributed by atoms with Crippen LogP contribution in [0.5, 0.6) is 0 Å². The Morgan fingerprint density at radius 1 is 0.820 bits per heavy atom. The SMILES string of the molecule is CNC(=O)[C@@H](NC(=O)[C@@](O)(CCC[NH+](Cc1ccc(-c2ccsc2)cc1)NC(=O)[C@@H](NC(=O)OC)C(C)(C)C)Cc1ccccc1)C(C)(C)C. The van der Waals surface area contributed by atoms with Gasteiger partial charge in [0.2, 0.25) is 5.91 Å². The second-order valence-corrected chi connectivity index (χ2v) is 15.6. The maximum Gasteiger partial charge on any atom is 0.407 e. The lowest BCUT2D eigenvalue weighted by molar-refractivity contribution is -0.950. The van der Waals surface area contributed by atoms with Crippen molar-refractivity contribution in [2.75, 3.05) is 20.7 Å². The van der Waals surface area contributed by atoms with E-state index in [1.165, 1.54) is 14.2 Å². The van der Waals surface area contributed by atoms with Gasteiger partial charge in [-0.15, -0.1) is 0 Å². The van der Waals surface area contributed by atoms with Crippen molar-refractivity contribution >= 4 is 35.2 Å². The molecule has 0 bridgehead atoms. The number of thiophene rings is 1. The topological polar surface area (TPSA) is 150 Å². The smallest absolute Gasteiger partial charge is 0.407 e. The lowest BCUT2D eigenvalue weighted by atomic mass is 9.84. The molecule has 3 aromatic rings. The second-order valence-electron chi connectivity index (χ2n) is 14.8. The third-order valence-electron chi connectivity index (χ3n) is 8.58. The van der Waals surface area contributed by atoms with Crippen LogP contribution in [-0.2, 0) is 32.1 Å². The van der Waals surface area contributed by atoms with Gasteiger partial charge in [0.25, 0.3) is 11.8 Å². The minimum Gasteiger partial charge on any atom is -0.453 e. The monoisotopic (exact) mass is 708 g/mol. The summed E-state index contributed by atoms with van der Waals surface area (Å²) in [5.41, 5.74) is 3.90. The molecule has 0 radical (unpaired) electrons. The molecule has 0 aliphatic heterocycles. The number of carbonyl (C=O) groups excluding carboxylic acids is 4. The molecule has 0 aliphatic carbocycles. The number of methoxy groups -OCH3 is 1. The number of amides is 4. The van der Waals surface area contributed by atoms with Crippen LogP contribution in [0.1, 0.15) is 65.5 Å². The van der Waals surface area contributed by atoms with E-state index >= 15 is 0 Å².